The Morgan fingerprint density at radius 3 is 2.47 bits per heavy atom. The molecule has 0 bridgehead atoms. The van der Waals surface area contributed by atoms with Crippen LogP contribution in [-0.4, -0.2) is 36.4 Å². The summed E-state index contributed by atoms with van der Waals surface area (Å²) >= 11 is 0. The van der Waals surface area contributed by atoms with Gasteiger partial charge in [0.25, 0.3) is 0 Å². The lowest BCUT2D eigenvalue weighted by Crippen LogP contribution is -2.44. The van der Waals surface area contributed by atoms with Gasteiger partial charge in [-0.2, -0.15) is 0 Å². The van der Waals surface area contributed by atoms with E-state index in [1.807, 2.05) is 30.3 Å². The molecule has 176 valence electrons. The molecule has 1 saturated heterocycles. The van der Waals surface area contributed by atoms with Gasteiger partial charge in [0.05, 0.1) is 18.9 Å². The Kier molecular flexibility index (Phi) is 7.52. The lowest BCUT2D eigenvalue weighted by Gasteiger charge is -2.32. The smallest absolute Gasteiger partial charge is 0.229 e. The first-order chi connectivity index (χ1) is 16.5. The van der Waals surface area contributed by atoms with Crippen LogP contribution in [0.3, 0.4) is 0 Å². The molecule has 1 aliphatic heterocycles. The number of likely N-dealkylation sites (tertiary alicyclic amines) is 1. The number of ether oxygens (including phenoxy) is 1. The van der Waals surface area contributed by atoms with Crippen LogP contribution in [0.5, 0.6) is 5.75 Å². The summed E-state index contributed by atoms with van der Waals surface area (Å²) in [4.78, 5) is 27.4. The summed E-state index contributed by atoms with van der Waals surface area (Å²) in [5.41, 5.74) is 1.50. The van der Waals surface area contributed by atoms with Crippen molar-refractivity contribution in [2.75, 3.05) is 25.0 Å². The molecule has 1 N–H and O–H groups in total. The topological polar surface area (TPSA) is 58.6 Å². The van der Waals surface area contributed by atoms with E-state index in [4.69, 9.17) is 4.74 Å². The fraction of sp³-hybridized carbons (Fsp3) is 0.259. The summed E-state index contributed by atoms with van der Waals surface area (Å²) in [7, 11) is 0. The molecule has 4 rings (SSSR count). The van der Waals surface area contributed by atoms with Gasteiger partial charge in [-0.05, 0) is 60.9 Å². The minimum Gasteiger partial charge on any atom is -0.493 e. The molecule has 0 radical (unpaired) electrons. The van der Waals surface area contributed by atoms with Gasteiger partial charge in [0, 0.05) is 24.3 Å². The van der Waals surface area contributed by atoms with Crippen molar-refractivity contribution in [3.63, 3.8) is 0 Å². The summed E-state index contributed by atoms with van der Waals surface area (Å²) in [6.07, 6.45) is 1.61. The zero-order valence-corrected chi connectivity index (χ0v) is 18.7. The second kappa shape index (κ2) is 10.9. The molecule has 0 spiro atoms. The van der Waals surface area contributed by atoms with Crippen LogP contribution in [0.1, 0.15) is 19.3 Å². The van der Waals surface area contributed by atoms with E-state index in [1.54, 1.807) is 4.90 Å². The third kappa shape index (κ3) is 5.98. The molecule has 0 saturated carbocycles. The Morgan fingerprint density at radius 1 is 0.971 bits per heavy atom. The molecule has 2 amide bonds. The van der Waals surface area contributed by atoms with E-state index in [-0.39, 0.29) is 30.8 Å². The predicted molar refractivity (Wildman–Crippen MR) is 126 cm³/mol. The normalized spacial score (nSPS) is 15.6. The second-order valence-electron chi connectivity index (χ2n) is 8.28. The quantitative estimate of drug-likeness (QED) is 0.518. The summed E-state index contributed by atoms with van der Waals surface area (Å²) in [5, 5.41) is 2.88. The number of hydrogen-bond donors (Lipinski definition) is 1. The highest BCUT2D eigenvalue weighted by molar-refractivity contribution is 5.97. The molecule has 7 heteroatoms. The highest BCUT2D eigenvalue weighted by Gasteiger charge is 2.28. The summed E-state index contributed by atoms with van der Waals surface area (Å²) < 4.78 is 32.8. The van der Waals surface area contributed by atoms with Crippen molar-refractivity contribution in [2.24, 2.45) is 5.92 Å². The summed E-state index contributed by atoms with van der Waals surface area (Å²) in [5.74, 6) is -0.798. The second-order valence-corrected chi connectivity index (χ2v) is 8.28. The van der Waals surface area contributed by atoms with Gasteiger partial charge in [0.1, 0.15) is 17.4 Å². The van der Waals surface area contributed by atoms with Crippen LogP contribution in [0.2, 0.25) is 0 Å². The van der Waals surface area contributed by atoms with Gasteiger partial charge in [-0.1, -0.05) is 30.3 Å². The molecule has 1 fully saturated rings. The molecule has 5 nitrogen and oxygen atoms in total. The fourth-order valence-corrected chi connectivity index (χ4v) is 4.08. The van der Waals surface area contributed by atoms with E-state index in [0.29, 0.717) is 42.1 Å². The molecule has 1 unspecified atom stereocenters. The van der Waals surface area contributed by atoms with Crippen molar-refractivity contribution in [2.45, 2.75) is 19.3 Å². The zero-order chi connectivity index (χ0) is 23.9. The van der Waals surface area contributed by atoms with Crippen LogP contribution in [0.15, 0.2) is 72.8 Å². The number of para-hydroxylation sites is 1. The van der Waals surface area contributed by atoms with Gasteiger partial charge >= 0.3 is 0 Å². The SMILES string of the molecule is O=C(Nc1ccc(F)cc1-c1ccc(F)cc1)C1CCCN(C(=O)CCOc2ccccc2)C1. The average Bonchev–Trinajstić information content (AvgIpc) is 2.86. The maximum atomic E-state index is 13.9. The minimum absolute atomic E-state index is 0.0535. The van der Waals surface area contributed by atoms with Crippen LogP contribution in [0.25, 0.3) is 11.1 Å². The van der Waals surface area contributed by atoms with Gasteiger partial charge in [-0.15, -0.1) is 0 Å². The molecule has 0 aliphatic carbocycles. The molecule has 1 atom stereocenters. The van der Waals surface area contributed by atoms with Crippen molar-refractivity contribution in [3.8, 4) is 16.9 Å². The first kappa shape index (κ1) is 23.4. The Balaban J connectivity index is 1.37. The van der Waals surface area contributed by atoms with Gasteiger partial charge in [0.15, 0.2) is 0 Å². The lowest BCUT2D eigenvalue weighted by atomic mass is 9.96. The van der Waals surface area contributed by atoms with Crippen LogP contribution in [0, 0.1) is 17.6 Å². The number of carbonyl (C=O) groups is 2. The highest BCUT2D eigenvalue weighted by Crippen LogP contribution is 2.30. The van der Waals surface area contributed by atoms with E-state index >= 15 is 0 Å². The number of halogens is 2. The lowest BCUT2D eigenvalue weighted by molar-refractivity contribution is -0.135. The maximum Gasteiger partial charge on any atom is 0.229 e. The zero-order valence-electron chi connectivity index (χ0n) is 18.7. The molecule has 1 heterocycles. The van der Waals surface area contributed by atoms with Gasteiger partial charge in [0.2, 0.25) is 11.8 Å². The monoisotopic (exact) mass is 464 g/mol. The molecular weight excluding hydrogens is 438 g/mol. The minimum atomic E-state index is -0.454. The van der Waals surface area contributed by atoms with Gasteiger partial charge in [-0.25, -0.2) is 8.78 Å². The number of carbonyl (C=O) groups excluding carboxylic acids is 2. The predicted octanol–water partition coefficient (Wildman–Crippen LogP) is 5.28. The first-order valence-electron chi connectivity index (χ1n) is 11.3. The van der Waals surface area contributed by atoms with Crippen LogP contribution >= 0.6 is 0 Å². The van der Waals surface area contributed by atoms with E-state index in [0.717, 1.165) is 6.42 Å². The third-order valence-corrected chi connectivity index (χ3v) is 5.87. The number of amides is 2. The van der Waals surface area contributed by atoms with Crippen molar-refractivity contribution < 1.29 is 23.1 Å². The Bertz CT molecular complexity index is 1140. The standard InChI is InChI=1S/C27H26F2N2O3/c28-21-10-8-19(9-11-21)24-17-22(29)12-13-25(24)30-27(33)20-5-4-15-31(18-20)26(32)14-16-34-23-6-2-1-3-7-23/h1-3,6-13,17,20H,4-5,14-16,18H2,(H,30,33). The Morgan fingerprint density at radius 2 is 1.71 bits per heavy atom. The average molecular weight is 465 g/mol. The van der Waals surface area contributed by atoms with Crippen LogP contribution in [-0.2, 0) is 9.59 Å². The number of benzene rings is 3. The molecule has 1 aliphatic rings. The van der Waals surface area contributed by atoms with E-state index in [1.165, 1.54) is 42.5 Å². The van der Waals surface area contributed by atoms with E-state index in [2.05, 4.69) is 5.32 Å². The molecule has 0 aromatic heterocycles. The number of nitrogens with zero attached hydrogens (tertiary/aromatic N) is 1. The Labute approximate surface area is 197 Å². The fourth-order valence-electron chi connectivity index (χ4n) is 4.08. The summed E-state index contributed by atoms with van der Waals surface area (Å²) in [6.45, 7) is 1.20. The van der Waals surface area contributed by atoms with Crippen LogP contribution < -0.4 is 10.1 Å². The van der Waals surface area contributed by atoms with Crippen LogP contribution in [0.4, 0.5) is 14.5 Å². The summed E-state index contributed by atoms with van der Waals surface area (Å²) in [6, 6.07) is 19.0. The largest absolute Gasteiger partial charge is 0.493 e. The molecule has 3 aromatic carbocycles. The third-order valence-electron chi connectivity index (χ3n) is 5.87. The number of hydrogen-bond acceptors (Lipinski definition) is 3. The highest BCUT2D eigenvalue weighted by atomic mass is 19.1. The van der Waals surface area contributed by atoms with Crippen molar-refractivity contribution >= 4 is 17.5 Å². The first-order valence-corrected chi connectivity index (χ1v) is 11.3. The van der Waals surface area contributed by atoms with E-state index in [9.17, 15) is 18.4 Å². The maximum absolute atomic E-state index is 13.9. The van der Waals surface area contributed by atoms with Crippen molar-refractivity contribution in [1.29, 1.82) is 0 Å². The van der Waals surface area contributed by atoms with Gasteiger partial charge in [-0.3, -0.25) is 9.59 Å². The molecule has 34 heavy (non-hydrogen) atoms. The molecule has 3 aromatic rings. The van der Waals surface area contributed by atoms with Crippen molar-refractivity contribution in [3.05, 3.63) is 84.4 Å². The van der Waals surface area contributed by atoms with Crippen molar-refractivity contribution in [1.82, 2.24) is 4.90 Å². The number of anilines is 1. The Hall–Kier alpha value is -3.74. The van der Waals surface area contributed by atoms with Gasteiger partial charge < -0.3 is 15.0 Å². The number of piperidine rings is 1. The number of rotatable bonds is 7. The molecular formula is C27H26F2N2O3. The van der Waals surface area contributed by atoms with E-state index < -0.39 is 11.6 Å². The number of nitrogens with one attached hydrogen (secondary N) is 1.